The molecule has 2 N–H and O–H groups in total. The van der Waals surface area contributed by atoms with Gasteiger partial charge in [-0.1, -0.05) is 24.0 Å². The van der Waals surface area contributed by atoms with Crippen molar-refractivity contribution in [3.63, 3.8) is 0 Å². The van der Waals surface area contributed by atoms with Crippen LogP contribution in [0.2, 0.25) is 0 Å². The van der Waals surface area contributed by atoms with Gasteiger partial charge in [-0.05, 0) is 78.4 Å². The number of nitrogens with one attached hydrogen (secondary N) is 1. The molecule has 4 rings (SSSR count). The molecular weight excluding hydrogens is 614 g/mol. The van der Waals surface area contributed by atoms with Gasteiger partial charge in [-0.25, -0.2) is 0 Å². The van der Waals surface area contributed by atoms with Gasteiger partial charge >= 0.3 is 18.3 Å². The number of thiophene rings is 1. The predicted octanol–water partition coefficient (Wildman–Crippen LogP) is 6.66. The first-order valence-electron chi connectivity index (χ1n) is 12.2. The van der Waals surface area contributed by atoms with Gasteiger partial charge in [0.1, 0.15) is 10.9 Å². The Bertz CT molecular complexity index is 1360. The Hall–Kier alpha value is -2.91. The van der Waals surface area contributed by atoms with Crippen LogP contribution in [0.3, 0.4) is 0 Å². The molecule has 1 saturated carbocycles. The lowest BCUT2D eigenvalue weighted by Crippen LogP contribution is -2.41. The molecule has 0 unspecified atom stereocenters. The molecule has 1 aromatic carbocycles. The number of carbonyl (C=O) groups is 3. The summed E-state index contributed by atoms with van der Waals surface area (Å²) in [7, 11) is 0. The zero-order valence-electron chi connectivity index (χ0n) is 21.0. The molecule has 1 aliphatic heterocycles. The van der Waals surface area contributed by atoms with Crippen LogP contribution in [0.5, 0.6) is 0 Å². The molecule has 220 valence electrons. The van der Waals surface area contributed by atoms with Crippen LogP contribution in [-0.4, -0.2) is 45.2 Å². The Labute approximate surface area is 243 Å². The van der Waals surface area contributed by atoms with Crippen LogP contribution < -0.4 is 5.32 Å². The number of aliphatic carboxylic acids is 1. The van der Waals surface area contributed by atoms with Gasteiger partial charge in [0.2, 0.25) is 5.91 Å². The number of carboxylic acid groups (broad SMARTS) is 1. The van der Waals surface area contributed by atoms with Gasteiger partial charge in [0.05, 0.1) is 21.9 Å². The summed E-state index contributed by atoms with van der Waals surface area (Å²) in [6.45, 7) is 0.0198. The lowest BCUT2D eigenvalue weighted by Gasteiger charge is -2.26. The molecule has 41 heavy (non-hydrogen) atoms. The number of alkyl halides is 6. The van der Waals surface area contributed by atoms with Gasteiger partial charge in [-0.3, -0.25) is 19.3 Å². The molecule has 1 saturated heterocycles. The van der Waals surface area contributed by atoms with Crippen LogP contribution >= 0.6 is 35.3 Å². The third-order valence-corrected chi connectivity index (χ3v) is 9.03. The molecule has 0 radical (unpaired) electrons. The van der Waals surface area contributed by atoms with Crippen molar-refractivity contribution < 1.29 is 45.8 Å². The highest BCUT2D eigenvalue weighted by Crippen LogP contribution is 2.40. The summed E-state index contributed by atoms with van der Waals surface area (Å²) in [6.07, 6.45) is -6.12. The molecule has 1 aliphatic carbocycles. The van der Waals surface area contributed by atoms with Gasteiger partial charge in [0.15, 0.2) is 0 Å². The Morgan fingerprint density at radius 2 is 1.61 bits per heavy atom. The fraction of sp³-hybridized carbons (Fsp3) is 0.385. The Balaban J connectivity index is 1.41. The van der Waals surface area contributed by atoms with Crippen LogP contribution in [0.15, 0.2) is 34.6 Å². The third-order valence-electron chi connectivity index (χ3n) is 6.77. The van der Waals surface area contributed by atoms with Gasteiger partial charge in [-0.2, -0.15) is 26.3 Å². The van der Waals surface area contributed by atoms with E-state index >= 15 is 0 Å². The van der Waals surface area contributed by atoms with E-state index < -0.39 is 41.3 Å². The number of hydrogen-bond acceptors (Lipinski definition) is 6. The zero-order chi connectivity index (χ0) is 30.1. The SMILES string of the molecule is O=C(CN1C(=O)C(=Cc2cc(-c3cc(C(F)(F)F)cc(C(F)(F)F)c3)cs2)SC1=S)NCC1CCC(C(=O)O)CC1. The maximum atomic E-state index is 13.2. The number of halogens is 6. The smallest absolute Gasteiger partial charge is 0.416 e. The van der Waals surface area contributed by atoms with Crippen LogP contribution in [0.1, 0.15) is 41.7 Å². The van der Waals surface area contributed by atoms with E-state index in [4.69, 9.17) is 17.3 Å². The van der Waals surface area contributed by atoms with E-state index in [2.05, 4.69) is 5.32 Å². The van der Waals surface area contributed by atoms with E-state index in [1.54, 1.807) is 0 Å². The molecule has 2 aromatic rings. The summed E-state index contributed by atoms with van der Waals surface area (Å²) in [5.74, 6) is -2.04. The fourth-order valence-corrected chi connectivity index (χ4v) is 6.71. The minimum Gasteiger partial charge on any atom is -0.481 e. The number of hydrogen-bond donors (Lipinski definition) is 2. The number of amides is 2. The van der Waals surface area contributed by atoms with Crippen LogP contribution in [0.25, 0.3) is 17.2 Å². The number of benzene rings is 1. The van der Waals surface area contributed by atoms with E-state index in [1.165, 1.54) is 17.5 Å². The maximum absolute atomic E-state index is 13.2. The van der Waals surface area contributed by atoms with Crippen LogP contribution in [0.4, 0.5) is 26.3 Å². The predicted molar refractivity (Wildman–Crippen MR) is 146 cm³/mol. The van der Waals surface area contributed by atoms with Gasteiger partial charge < -0.3 is 10.4 Å². The monoisotopic (exact) mass is 636 g/mol. The number of thiocarbonyl (C=S) groups is 1. The topological polar surface area (TPSA) is 86.7 Å². The van der Waals surface area contributed by atoms with E-state index in [0.717, 1.165) is 28.0 Å². The average Bonchev–Trinajstić information content (AvgIpc) is 3.46. The number of rotatable bonds is 7. The van der Waals surface area contributed by atoms with Crippen molar-refractivity contribution in [3.8, 4) is 11.1 Å². The Kier molecular flexibility index (Phi) is 9.19. The van der Waals surface area contributed by atoms with Crippen molar-refractivity contribution in [3.05, 3.63) is 50.6 Å². The molecule has 0 spiro atoms. The molecule has 2 aliphatic rings. The van der Waals surface area contributed by atoms with Crippen LogP contribution in [0, 0.1) is 11.8 Å². The van der Waals surface area contributed by atoms with E-state index in [1.807, 2.05) is 0 Å². The summed E-state index contributed by atoms with van der Waals surface area (Å²) in [6, 6.07) is 2.70. The molecule has 2 amide bonds. The molecule has 15 heteroatoms. The standard InChI is InChI=1S/C26H22F6N2O4S3/c27-25(28,29)17-5-15(6-18(8-17)26(30,31)32)16-7-19(40-12-16)9-20-22(36)34(24(39)41-20)11-21(35)33-10-13-1-3-14(4-2-13)23(37)38/h5-9,12-14H,1-4,10-11H2,(H,33,35)(H,37,38). The Morgan fingerprint density at radius 1 is 1.00 bits per heavy atom. The van der Waals surface area contributed by atoms with Gasteiger partial charge in [0, 0.05) is 11.4 Å². The highest BCUT2D eigenvalue weighted by Gasteiger charge is 2.37. The summed E-state index contributed by atoms with van der Waals surface area (Å²) in [5, 5.41) is 13.2. The summed E-state index contributed by atoms with van der Waals surface area (Å²) < 4.78 is 79.6. The van der Waals surface area contributed by atoms with Gasteiger partial charge in [-0.15, -0.1) is 11.3 Å². The lowest BCUT2D eigenvalue weighted by atomic mass is 9.82. The number of carboxylic acids is 1. The number of thioether (sulfide) groups is 1. The third kappa shape index (κ3) is 7.68. The first-order chi connectivity index (χ1) is 19.1. The first-order valence-corrected chi connectivity index (χ1v) is 14.4. The number of carbonyl (C=O) groups excluding carboxylic acids is 2. The van der Waals surface area contributed by atoms with E-state index in [-0.39, 0.29) is 44.8 Å². The first kappa shape index (κ1) is 31.0. The van der Waals surface area contributed by atoms with E-state index in [0.29, 0.717) is 49.2 Å². The quantitative estimate of drug-likeness (QED) is 0.201. The Morgan fingerprint density at radius 3 is 2.17 bits per heavy atom. The van der Waals surface area contributed by atoms with Crippen molar-refractivity contribution >= 4 is 63.5 Å². The lowest BCUT2D eigenvalue weighted by molar-refractivity contribution is -0.144. The normalized spacial score (nSPS) is 21.0. The summed E-state index contributed by atoms with van der Waals surface area (Å²) in [5.41, 5.74) is -3.02. The molecular formula is C26H22F6N2O4S3. The molecule has 1 aromatic heterocycles. The van der Waals surface area contributed by atoms with Gasteiger partial charge in [0.25, 0.3) is 5.91 Å². The largest absolute Gasteiger partial charge is 0.481 e. The number of nitrogens with zero attached hydrogens (tertiary/aromatic N) is 1. The second-order valence-corrected chi connectivity index (χ2v) is 12.3. The summed E-state index contributed by atoms with van der Waals surface area (Å²) >= 11 is 7.18. The minimum absolute atomic E-state index is 0.0577. The minimum atomic E-state index is -4.98. The van der Waals surface area contributed by atoms with Crippen molar-refractivity contribution in [2.45, 2.75) is 38.0 Å². The molecule has 2 fully saturated rings. The van der Waals surface area contributed by atoms with E-state index in [9.17, 15) is 40.7 Å². The highest BCUT2D eigenvalue weighted by molar-refractivity contribution is 8.26. The average molecular weight is 637 g/mol. The van der Waals surface area contributed by atoms with Crippen molar-refractivity contribution in [2.75, 3.05) is 13.1 Å². The van der Waals surface area contributed by atoms with Crippen molar-refractivity contribution in [2.24, 2.45) is 11.8 Å². The second kappa shape index (κ2) is 12.1. The molecule has 2 heterocycles. The zero-order valence-corrected chi connectivity index (χ0v) is 23.4. The molecule has 0 bridgehead atoms. The second-order valence-electron chi connectivity index (χ2n) is 9.66. The van der Waals surface area contributed by atoms with Crippen molar-refractivity contribution in [1.82, 2.24) is 10.2 Å². The highest BCUT2D eigenvalue weighted by atomic mass is 32.2. The van der Waals surface area contributed by atoms with Crippen molar-refractivity contribution in [1.29, 1.82) is 0 Å². The summed E-state index contributed by atoms with van der Waals surface area (Å²) in [4.78, 5) is 38.1. The maximum Gasteiger partial charge on any atom is 0.416 e. The fourth-order valence-electron chi connectivity index (χ4n) is 4.54. The molecule has 0 atom stereocenters. The molecule has 6 nitrogen and oxygen atoms in total. The van der Waals surface area contributed by atoms with Crippen LogP contribution in [-0.2, 0) is 26.7 Å².